The molecule has 1 atom stereocenters. The van der Waals surface area contributed by atoms with Crippen LogP contribution in [0.15, 0.2) is 34.1 Å². The second-order valence-corrected chi connectivity index (χ2v) is 6.46. The first-order chi connectivity index (χ1) is 9.29. The van der Waals surface area contributed by atoms with Gasteiger partial charge in [-0.1, -0.05) is 17.7 Å². The van der Waals surface area contributed by atoms with Crippen LogP contribution in [0, 0.1) is 0 Å². The van der Waals surface area contributed by atoms with Crippen molar-refractivity contribution in [3.63, 3.8) is 0 Å². The number of nitrogens with one attached hydrogen (secondary N) is 1. The molecular weight excluding hydrogens is 375 g/mol. The summed E-state index contributed by atoms with van der Waals surface area (Å²) in [6.45, 7) is 1.79. The number of benzene rings is 1. The number of thiophene rings is 1. The van der Waals surface area contributed by atoms with Gasteiger partial charge in [-0.15, -0.1) is 11.3 Å². The summed E-state index contributed by atoms with van der Waals surface area (Å²) in [5.41, 5.74) is -0.842. The van der Waals surface area contributed by atoms with E-state index >= 15 is 0 Å². The molecule has 0 amide bonds. The molecule has 1 N–H and O–H groups in total. The number of alkyl halides is 3. The SMILES string of the molecule is CC(Nc1c(Cl)cccc1C(F)(F)F)c1cc(Br)cs1. The lowest BCUT2D eigenvalue weighted by atomic mass is 10.1. The summed E-state index contributed by atoms with van der Waals surface area (Å²) in [4.78, 5) is 0.921. The molecule has 0 spiro atoms. The van der Waals surface area contributed by atoms with Crippen molar-refractivity contribution in [1.29, 1.82) is 0 Å². The Morgan fingerprint density at radius 2 is 2.05 bits per heavy atom. The molecule has 0 saturated heterocycles. The number of hydrogen-bond acceptors (Lipinski definition) is 2. The summed E-state index contributed by atoms with van der Waals surface area (Å²) in [5, 5.41) is 4.79. The average molecular weight is 385 g/mol. The van der Waals surface area contributed by atoms with Crippen LogP contribution in [0.25, 0.3) is 0 Å². The molecule has 7 heteroatoms. The minimum absolute atomic E-state index is 0.0577. The second kappa shape index (κ2) is 5.95. The van der Waals surface area contributed by atoms with Gasteiger partial charge in [-0.25, -0.2) is 0 Å². The van der Waals surface area contributed by atoms with E-state index in [2.05, 4.69) is 21.2 Å². The maximum atomic E-state index is 13.0. The standard InChI is InChI=1S/C13H10BrClF3NS/c1-7(11-5-8(14)6-20-11)19-12-9(13(16,17)18)3-2-4-10(12)15/h2-7,19H,1H3. The van der Waals surface area contributed by atoms with E-state index in [1.54, 1.807) is 6.92 Å². The van der Waals surface area contributed by atoms with Crippen LogP contribution in [0.5, 0.6) is 0 Å². The van der Waals surface area contributed by atoms with Gasteiger partial charge < -0.3 is 5.32 Å². The molecule has 2 rings (SSSR count). The highest BCUT2D eigenvalue weighted by atomic mass is 79.9. The van der Waals surface area contributed by atoms with Crippen molar-refractivity contribution in [3.8, 4) is 0 Å². The molecule has 0 aliphatic carbocycles. The number of para-hydroxylation sites is 1. The van der Waals surface area contributed by atoms with Crippen molar-refractivity contribution < 1.29 is 13.2 Å². The first-order valence-corrected chi connectivity index (χ1v) is 7.70. The number of anilines is 1. The Labute approximate surface area is 131 Å². The molecule has 0 radical (unpaired) electrons. The van der Waals surface area contributed by atoms with Gasteiger partial charge >= 0.3 is 6.18 Å². The number of halogens is 5. The lowest BCUT2D eigenvalue weighted by molar-refractivity contribution is -0.137. The summed E-state index contributed by atoms with van der Waals surface area (Å²) in [6.07, 6.45) is -4.44. The van der Waals surface area contributed by atoms with Crippen molar-refractivity contribution in [3.05, 3.63) is 49.6 Å². The predicted molar refractivity (Wildman–Crippen MR) is 80.5 cm³/mol. The van der Waals surface area contributed by atoms with Crippen LogP contribution in [0.2, 0.25) is 5.02 Å². The minimum atomic E-state index is -4.44. The fourth-order valence-corrected chi connectivity index (χ4v) is 3.43. The van der Waals surface area contributed by atoms with Gasteiger partial charge in [0, 0.05) is 14.7 Å². The third-order valence-electron chi connectivity index (χ3n) is 2.69. The Hall–Kier alpha value is -0.720. The van der Waals surface area contributed by atoms with Gasteiger partial charge in [0.2, 0.25) is 0 Å². The molecule has 1 aromatic heterocycles. The van der Waals surface area contributed by atoms with Gasteiger partial charge in [-0.2, -0.15) is 13.2 Å². The second-order valence-electron chi connectivity index (χ2n) is 4.19. The number of rotatable bonds is 3. The molecule has 1 heterocycles. The summed E-state index contributed by atoms with van der Waals surface area (Å²) in [7, 11) is 0. The molecule has 0 aliphatic heterocycles. The van der Waals surface area contributed by atoms with Crippen molar-refractivity contribution in [2.24, 2.45) is 0 Å². The summed E-state index contributed by atoms with van der Waals surface area (Å²) in [6, 6.07) is 5.35. The molecule has 1 nitrogen and oxygen atoms in total. The van der Waals surface area contributed by atoms with Crippen molar-refractivity contribution in [2.45, 2.75) is 19.1 Å². The maximum Gasteiger partial charge on any atom is 0.418 e. The van der Waals surface area contributed by atoms with Crippen LogP contribution in [0.4, 0.5) is 18.9 Å². The van der Waals surface area contributed by atoms with E-state index in [0.717, 1.165) is 15.4 Å². The fraction of sp³-hybridized carbons (Fsp3) is 0.231. The van der Waals surface area contributed by atoms with E-state index in [1.807, 2.05) is 11.4 Å². The Morgan fingerprint density at radius 3 is 2.60 bits per heavy atom. The molecular formula is C13H10BrClF3NS. The molecule has 1 aromatic carbocycles. The molecule has 108 valence electrons. The zero-order valence-corrected chi connectivity index (χ0v) is 13.4. The Morgan fingerprint density at radius 1 is 1.35 bits per heavy atom. The van der Waals surface area contributed by atoms with Crippen molar-refractivity contribution in [2.75, 3.05) is 5.32 Å². The maximum absolute atomic E-state index is 13.0. The molecule has 1 unspecified atom stereocenters. The van der Waals surface area contributed by atoms with E-state index in [9.17, 15) is 13.2 Å². The molecule has 0 bridgehead atoms. The van der Waals surface area contributed by atoms with E-state index in [-0.39, 0.29) is 16.8 Å². The summed E-state index contributed by atoms with van der Waals surface area (Å²) < 4.78 is 39.8. The van der Waals surface area contributed by atoms with Crippen LogP contribution in [-0.4, -0.2) is 0 Å². The fourth-order valence-electron chi connectivity index (χ4n) is 1.75. The monoisotopic (exact) mass is 383 g/mol. The zero-order valence-electron chi connectivity index (χ0n) is 10.3. The molecule has 0 aliphatic rings. The highest BCUT2D eigenvalue weighted by molar-refractivity contribution is 9.10. The van der Waals surface area contributed by atoms with Crippen molar-refractivity contribution >= 4 is 44.6 Å². The zero-order chi connectivity index (χ0) is 14.9. The van der Waals surface area contributed by atoms with E-state index in [4.69, 9.17) is 11.6 Å². The Kier molecular flexibility index (Phi) is 4.66. The van der Waals surface area contributed by atoms with E-state index in [1.165, 1.54) is 23.5 Å². The minimum Gasteiger partial charge on any atom is -0.376 e. The highest BCUT2D eigenvalue weighted by Crippen LogP contribution is 2.40. The van der Waals surface area contributed by atoms with Crippen LogP contribution in [-0.2, 0) is 6.18 Å². The Bertz CT molecular complexity index is 612. The first kappa shape index (κ1) is 15.7. The molecule has 2 aromatic rings. The van der Waals surface area contributed by atoms with E-state index in [0.29, 0.717) is 0 Å². The normalized spacial score (nSPS) is 13.3. The van der Waals surface area contributed by atoms with E-state index < -0.39 is 11.7 Å². The predicted octanol–water partition coefficient (Wildman–Crippen LogP) is 6.36. The van der Waals surface area contributed by atoms with Crippen LogP contribution in [0.3, 0.4) is 0 Å². The summed E-state index contributed by atoms with van der Waals surface area (Å²) >= 11 is 10.7. The van der Waals surface area contributed by atoms with Crippen LogP contribution < -0.4 is 5.32 Å². The number of hydrogen-bond donors (Lipinski definition) is 1. The van der Waals surface area contributed by atoms with Gasteiger partial charge in [-0.3, -0.25) is 0 Å². The Balaban J connectivity index is 2.33. The lowest BCUT2D eigenvalue weighted by Crippen LogP contribution is -2.13. The van der Waals surface area contributed by atoms with Crippen molar-refractivity contribution in [1.82, 2.24) is 0 Å². The topological polar surface area (TPSA) is 12.0 Å². The first-order valence-electron chi connectivity index (χ1n) is 5.65. The van der Waals surface area contributed by atoms with Gasteiger partial charge in [-0.05, 0) is 41.1 Å². The molecule has 0 fully saturated rings. The molecule has 0 saturated carbocycles. The average Bonchev–Trinajstić information content (AvgIpc) is 2.77. The molecule has 20 heavy (non-hydrogen) atoms. The summed E-state index contributed by atoms with van der Waals surface area (Å²) in [5.74, 6) is 0. The lowest BCUT2D eigenvalue weighted by Gasteiger charge is -2.19. The third kappa shape index (κ3) is 3.48. The van der Waals surface area contributed by atoms with Gasteiger partial charge in [0.25, 0.3) is 0 Å². The van der Waals surface area contributed by atoms with Gasteiger partial charge in [0.05, 0.1) is 22.3 Å². The largest absolute Gasteiger partial charge is 0.418 e. The quantitative estimate of drug-likeness (QED) is 0.649. The van der Waals surface area contributed by atoms with Gasteiger partial charge in [0.15, 0.2) is 0 Å². The van der Waals surface area contributed by atoms with Crippen LogP contribution in [0.1, 0.15) is 23.4 Å². The third-order valence-corrected chi connectivity index (χ3v) is 4.89. The smallest absolute Gasteiger partial charge is 0.376 e. The van der Waals surface area contributed by atoms with Gasteiger partial charge in [0.1, 0.15) is 0 Å². The highest BCUT2D eigenvalue weighted by Gasteiger charge is 2.34. The van der Waals surface area contributed by atoms with Crippen LogP contribution >= 0.6 is 38.9 Å².